The SMILES string of the molecule is CON(C)S(=O)(=O)c1cc(C(=O)N2CCC(CNC(=O)OC(C)(C)C)CC2)ccc1Cl. The summed E-state index contributed by atoms with van der Waals surface area (Å²) < 4.78 is 31.0. The van der Waals surface area contributed by atoms with E-state index >= 15 is 0 Å². The zero-order chi connectivity index (χ0) is 23.4. The summed E-state index contributed by atoms with van der Waals surface area (Å²) in [5, 5.41) is 2.78. The van der Waals surface area contributed by atoms with Gasteiger partial charge in [0.15, 0.2) is 0 Å². The van der Waals surface area contributed by atoms with Crippen LogP contribution in [-0.4, -0.2) is 69.2 Å². The molecule has 0 saturated carbocycles. The molecule has 1 saturated heterocycles. The molecule has 1 N–H and O–H groups in total. The summed E-state index contributed by atoms with van der Waals surface area (Å²) in [5.41, 5.74) is -0.319. The first-order valence-electron chi connectivity index (χ1n) is 9.94. The molecule has 0 radical (unpaired) electrons. The minimum Gasteiger partial charge on any atom is -0.444 e. The molecule has 0 atom stereocenters. The van der Waals surface area contributed by atoms with Gasteiger partial charge in [0.05, 0.1) is 12.1 Å². The molecule has 0 spiro atoms. The quantitative estimate of drug-likeness (QED) is 0.634. The summed E-state index contributed by atoms with van der Waals surface area (Å²) in [5.74, 6) is -0.0418. The third-order valence-corrected chi connectivity index (χ3v) is 7.05. The number of sulfonamides is 1. The van der Waals surface area contributed by atoms with E-state index in [4.69, 9.17) is 21.2 Å². The van der Waals surface area contributed by atoms with Gasteiger partial charge in [-0.2, -0.15) is 0 Å². The van der Waals surface area contributed by atoms with Gasteiger partial charge in [-0.05, 0) is 57.7 Å². The number of halogens is 1. The first-order chi connectivity index (χ1) is 14.3. The van der Waals surface area contributed by atoms with Crippen LogP contribution in [0, 0.1) is 5.92 Å². The number of ether oxygens (including phenoxy) is 1. The number of nitrogens with one attached hydrogen (secondary N) is 1. The van der Waals surface area contributed by atoms with Gasteiger partial charge in [0.1, 0.15) is 10.5 Å². The normalized spacial score (nSPS) is 15.8. The Kier molecular flexibility index (Phi) is 8.32. The second-order valence-electron chi connectivity index (χ2n) is 8.36. The Morgan fingerprint density at radius 1 is 1.26 bits per heavy atom. The Morgan fingerprint density at radius 3 is 2.42 bits per heavy atom. The number of piperidine rings is 1. The van der Waals surface area contributed by atoms with Gasteiger partial charge in [-0.3, -0.25) is 9.63 Å². The van der Waals surface area contributed by atoms with Crippen molar-refractivity contribution in [1.29, 1.82) is 0 Å². The first-order valence-corrected chi connectivity index (χ1v) is 11.8. The molecule has 9 nitrogen and oxygen atoms in total. The molecule has 1 aliphatic rings. The van der Waals surface area contributed by atoms with Crippen LogP contribution in [0.5, 0.6) is 0 Å². The molecule has 1 aromatic carbocycles. The average Bonchev–Trinajstić information content (AvgIpc) is 2.70. The molecule has 0 aliphatic carbocycles. The van der Waals surface area contributed by atoms with Crippen LogP contribution in [0.4, 0.5) is 4.79 Å². The van der Waals surface area contributed by atoms with E-state index in [1.54, 1.807) is 25.7 Å². The third-order valence-electron chi connectivity index (χ3n) is 4.89. The largest absolute Gasteiger partial charge is 0.444 e. The van der Waals surface area contributed by atoms with Crippen LogP contribution in [0.1, 0.15) is 44.0 Å². The fourth-order valence-electron chi connectivity index (χ4n) is 3.14. The second-order valence-corrected chi connectivity index (χ2v) is 10.7. The maximum Gasteiger partial charge on any atom is 0.407 e. The molecule has 0 bridgehead atoms. The van der Waals surface area contributed by atoms with Crippen molar-refractivity contribution in [2.75, 3.05) is 33.8 Å². The molecule has 1 fully saturated rings. The van der Waals surface area contributed by atoms with Crippen molar-refractivity contribution in [1.82, 2.24) is 14.7 Å². The van der Waals surface area contributed by atoms with Crippen molar-refractivity contribution < 1.29 is 27.6 Å². The minimum atomic E-state index is -3.99. The van der Waals surface area contributed by atoms with E-state index in [0.29, 0.717) is 36.9 Å². The van der Waals surface area contributed by atoms with Crippen LogP contribution < -0.4 is 5.32 Å². The van der Waals surface area contributed by atoms with Gasteiger partial charge < -0.3 is 15.0 Å². The number of hydrogen-bond donors (Lipinski definition) is 1. The maximum absolute atomic E-state index is 12.9. The van der Waals surface area contributed by atoms with Gasteiger partial charge >= 0.3 is 6.09 Å². The zero-order valence-corrected chi connectivity index (χ0v) is 20.0. The molecule has 31 heavy (non-hydrogen) atoms. The number of benzene rings is 1. The average molecular weight is 476 g/mol. The number of likely N-dealkylation sites (tertiary alicyclic amines) is 1. The van der Waals surface area contributed by atoms with Gasteiger partial charge in [-0.25, -0.2) is 13.2 Å². The molecule has 0 aromatic heterocycles. The highest BCUT2D eigenvalue weighted by molar-refractivity contribution is 7.89. The van der Waals surface area contributed by atoms with Gasteiger partial charge in [0.2, 0.25) is 0 Å². The number of carbonyl (C=O) groups excluding carboxylic acids is 2. The summed E-state index contributed by atoms with van der Waals surface area (Å²) >= 11 is 6.06. The van der Waals surface area contributed by atoms with Crippen LogP contribution in [0.3, 0.4) is 0 Å². The molecule has 2 amide bonds. The first kappa shape index (κ1) is 25.4. The predicted octanol–water partition coefficient (Wildman–Crippen LogP) is 2.90. The lowest BCUT2D eigenvalue weighted by atomic mass is 9.96. The molecule has 174 valence electrons. The number of nitrogens with zero attached hydrogens (tertiary/aromatic N) is 2. The van der Waals surface area contributed by atoms with Crippen LogP contribution >= 0.6 is 11.6 Å². The van der Waals surface area contributed by atoms with E-state index in [2.05, 4.69) is 5.32 Å². The van der Waals surface area contributed by atoms with Gasteiger partial charge in [0.25, 0.3) is 15.9 Å². The molecule has 2 rings (SSSR count). The van der Waals surface area contributed by atoms with E-state index in [0.717, 1.165) is 0 Å². The van der Waals surface area contributed by atoms with Crippen molar-refractivity contribution >= 4 is 33.6 Å². The Morgan fingerprint density at radius 2 is 1.87 bits per heavy atom. The standard InChI is InChI=1S/C20H30ClN3O6S/c1-20(2,3)30-19(26)22-13-14-8-10-24(11-9-14)18(25)15-6-7-16(21)17(12-15)31(27,28)23(4)29-5/h6-7,12,14H,8-11,13H2,1-5H3,(H,22,26). The van der Waals surface area contributed by atoms with E-state index in [1.165, 1.54) is 32.4 Å². The van der Waals surface area contributed by atoms with Gasteiger partial charge in [-0.1, -0.05) is 16.1 Å². The Balaban J connectivity index is 1.99. The lowest BCUT2D eigenvalue weighted by molar-refractivity contribution is -0.0258. The third kappa shape index (κ3) is 6.80. The van der Waals surface area contributed by atoms with Gasteiger partial charge in [-0.15, -0.1) is 0 Å². The van der Waals surface area contributed by atoms with Crippen LogP contribution in [0.25, 0.3) is 0 Å². The second kappa shape index (κ2) is 10.2. The molecular formula is C20H30ClN3O6S. The summed E-state index contributed by atoms with van der Waals surface area (Å²) in [6.45, 7) is 6.89. The van der Waals surface area contributed by atoms with Crippen molar-refractivity contribution in [2.45, 2.75) is 44.1 Å². The summed E-state index contributed by atoms with van der Waals surface area (Å²) in [6.07, 6.45) is 0.973. The smallest absolute Gasteiger partial charge is 0.407 e. The fraction of sp³-hybridized carbons (Fsp3) is 0.600. The fourth-order valence-corrected chi connectivity index (χ4v) is 4.61. The summed E-state index contributed by atoms with van der Waals surface area (Å²) in [4.78, 5) is 31.0. The lowest BCUT2D eigenvalue weighted by Crippen LogP contribution is -2.42. The number of carbonyl (C=O) groups is 2. The van der Waals surface area contributed by atoms with Crippen molar-refractivity contribution in [3.05, 3.63) is 28.8 Å². The molecule has 1 aromatic rings. The number of hydrogen-bond acceptors (Lipinski definition) is 6. The highest BCUT2D eigenvalue weighted by Crippen LogP contribution is 2.27. The zero-order valence-electron chi connectivity index (χ0n) is 18.5. The van der Waals surface area contributed by atoms with E-state index < -0.39 is 21.7 Å². The highest BCUT2D eigenvalue weighted by Gasteiger charge is 2.28. The Hall–Kier alpha value is -1.88. The predicted molar refractivity (Wildman–Crippen MR) is 116 cm³/mol. The number of hydroxylamine groups is 1. The molecule has 1 aliphatic heterocycles. The maximum atomic E-state index is 12.9. The lowest BCUT2D eigenvalue weighted by Gasteiger charge is -2.32. The Bertz CT molecular complexity index is 908. The highest BCUT2D eigenvalue weighted by atomic mass is 35.5. The Labute approximate surface area is 188 Å². The van der Waals surface area contributed by atoms with Crippen LogP contribution in [0.2, 0.25) is 5.02 Å². The summed E-state index contributed by atoms with van der Waals surface area (Å²) in [7, 11) is -1.52. The molecule has 0 unspecified atom stereocenters. The van der Waals surface area contributed by atoms with Crippen molar-refractivity contribution in [3.8, 4) is 0 Å². The molecule has 1 heterocycles. The van der Waals surface area contributed by atoms with E-state index in [1.807, 2.05) is 0 Å². The van der Waals surface area contributed by atoms with E-state index in [9.17, 15) is 18.0 Å². The van der Waals surface area contributed by atoms with Crippen molar-refractivity contribution in [3.63, 3.8) is 0 Å². The van der Waals surface area contributed by atoms with Gasteiger partial charge in [0, 0.05) is 32.2 Å². The number of rotatable bonds is 6. The van der Waals surface area contributed by atoms with Crippen LogP contribution in [0.15, 0.2) is 23.1 Å². The number of amides is 2. The minimum absolute atomic E-state index is 0.00683. The number of alkyl carbamates (subject to hydrolysis) is 1. The molecular weight excluding hydrogens is 446 g/mol. The van der Waals surface area contributed by atoms with Crippen LogP contribution in [-0.2, 0) is 19.6 Å². The molecule has 11 heteroatoms. The topological polar surface area (TPSA) is 105 Å². The summed E-state index contributed by atoms with van der Waals surface area (Å²) in [6, 6.07) is 4.17. The monoisotopic (exact) mass is 475 g/mol. The van der Waals surface area contributed by atoms with E-state index in [-0.39, 0.29) is 27.3 Å². The van der Waals surface area contributed by atoms with Crippen molar-refractivity contribution in [2.24, 2.45) is 5.92 Å².